The predicted molar refractivity (Wildman–Crippen MR) is 127 cm³/mol. The van der Waals surface area contributed by atoms with Gasteiger partial charge in [0.2, 0.25) is 0 Å². The summed E-state index contributed by atoms with van der Waals surface area (Å²) >= 11 is 0. The van der Waals surface area contributed by atoms with Gasteiger partial charge in [0.1, 0.15) is 6.61 Å². The lowest BCUT2D eigenvalue weighted by molar-refractivity contribution is 0.0574. The third kappa shape index (κ3) is 13.0. The highest BCUT2D eigenvalue weighted by atomic mass is 16.5. The first-order chi connectivity index (χ1) is 15.6. The molecule has 0 bridgehead atoms. The molecular weight excluding hydrogens is 408 g/mol. The van der Waals surface area contributed by atoms with Gasteiger partial charge >= 0.3 is 6.09 Å². The number of benzene rings is 1. The smallest absolute Gasteiger partial charge is 0.407 e. The monoisotopic (exact) mass is 450 g/mol. The second kappa shape index (κ2) is 16.9. The van der Waals surface area contributed by atoms with E-state index in [1.54, 1.807) is 0 Å². The van der Waals surface area contributed by atoms with Crippen LogP contribution in [-0.4, -0.2) is 101 Å². The van der Waals surface area contributed by atoms with E-state index in [0.717, 1.165) is 71.1 Å². The molecule has 1 amide bonds. The van der Waals surface area contributed by atoms with E-state index >= 15 is 0 Å². The van der Waals surface area contributed by atoms with Gasteiger partial charge in [0, 0.05) is 52.4 Å². The summed E-state index contributed by atoms with van der Waals surface area (Å²) in [6.45, 7) is 16.1. The molecule has 0 aromatic heterocycles. The Morgan fingerprint density at radius 3 is 2.09 bits per heavy atom. The summed E-state index contributed by atoms with van der Waals surface area (Å²) in [5.74, 6) is 0.683. The molecule has 0 unspecified atom stereocenters. The standard InChI is InChI=1S/C24H42N4O4/c1-22(2)20-25-8-16-30-18-14-27-10-12-28(13-11-27)15-19-31-17-9-26-24(29)32-21-23-6-4-3-5-7-23/h3-7,22,25H,8-21H2,1-2H3,(H,26,29). The van der Waals surface area contributed by atoms with Crippen molar-refractivity contribution >= 4 is 6.09 Å². The molecule has 8 heteroatoms. The van der Waals surface area contributed by atoms with Gasteiger partial charge in [-0.3, -0.25) is 9.80 Å². The lowest BCUT2D eigenvalue weighted by atomic mass is 10.2. The molecule has 1 fully saturated rings. The van der Waals surface area contributed by atoms with Crippen LogP contribution in [0, 0.1) is 5.92 Å². The van der Waals surface area contributed by atoms with Crippen molar-refractivity contribution in [2.45, 2.75) is 20.5 Å². The molecule has 32 heavy (non-hydrogen) atoms. The van der Waals surface area contributed by atoms with Gasteiger partial charge in [-0.15, -0.1) is 0 Å². The Labute approximate surface area is 193 Å². The SMILES string of the molecule is CC(C)CNCCOCCN1CCN(CCOCCNC(=O)OCc2ccccc2)CC1. The van der Waals surface area contributed by atoms with Crippen molar-refractivity contribution in [2.24, 2.45) is 5.92 Å². The van der Waals surface area contributed by atoms with Crippen LogP contribution >= 0.6 is 0 Å². The molecule has 2 N–H and O–H groups in total. The van der Waals surface area contributed by atoms with Crippen molar-refractivity contribution in [3.05, 3.63) is 35.9 Å². The van der Waals surface area contributed by atoms with Crippen LogP contribution in [0.3, 0.4) is 0 Å². The molecule has 1 saturated heterocycles. The predicted octanol–water partition coefficient (Wildman–Crippen LogP) is 1.81. The number of alkyl carbamates (subject to hydrolysis) is 1. The molecule has 0 aliphatic carbocycles. The fourth-order valence-electron chi connectivity index (χ4n) is 3.36. The van der Waals surface area contributed by atoms with E-state index in [1.165, 1.54) is 0 Å². The normalized spacial score (nSPS) is 15.2. The maximum Gasteiger partial charge on any atom is 0.407 e. The number of rotatable bonds is 16. The zero-order valence-corrected chi connectivity index (χ0v) is 19.9. The number of nitrogens with zero attached hydrogens (tertiary/aromatic N) is 2. The van der Waals surface area contributed by atoms with E-state index in [0.29, 0.717) is 25.7 Å². The Morgan fingerprint density at radius 2 is 1.50 bits per heavy atom. The lowest BCUT2D eigenvalue weighted by Crippen LogP contribution is -2.48. The highest BCUT2D eigenvalue weighted by Crippen LogP contribution is 2.02. The van der Waals surface area contributed by atoms with E-state index in [1.807, 2.05) is 30.3 Å². The van der Waals surface area contributed by atoms with Crippen molar-refractivity contribution in [3.63, 3.8) is 0 Å². The maximum absolute atomic E-state index is 11.7. The Balaban J connectivity index is 1.36. The van der Waals surface area contributed by atoms with Crippen LogP contribution in [0.1, 0.15) is 19.4 Å². The van der Waals surface area contributed by atoms with Gasteiger partial charge in [-0.2, -0.15) is 0 Å². The Bertz CT molecular complexity index is 595. The molecular formula is C24H42N4O4. The van der Waals surface area contributed by atoms with Gasteiger partial charge in [0.05, 0.1) is 26.4 Å². The molecule has 0 spiro atoms. The number of carbonyl (C=O) groups is 1. The van der Waals surface area contributed by atoms with E-state index < -0.39 is 6.09 Å². The van der Waals surface area contributed by atoms with E-state index in [-0.39, 0.29) is 6.61 Å². The molecule has 2 rings (SSSR count). The molecule has 1 aromatic carbocycles. The van der Waals surface area contributed by atoms with Gasteiger partial charge in [0.25, 0.3) is 0 Å². The second-order valence-electron chi connectivity index (χ2n) is 8.49. The van der Waals surface area contributed by atoms with E-state index in [4.69, 9.17) is 14.2 Å². The number of amides is 1. The molecule has 1 aromatic rings. The summed E-state index contributed by atoms with van der Waals surface area (Å²) in [5, 5.41) is 6.11. The summed E-state index contributed by atoms with van der Waals surface area (Å²) in [6, 6.07) is 9.64. The van der Waals surface area contributed by atoms with Crippen molar-refractivity contribution in [3.8, 4) is 0 Å². The maximum atomic E-state index is 11.7. The first kappa shape index (κ1) is 26.5. The minimum absolute atomic E-state index is 0.279. The molecule has 1 aliphatic heterocycles. The van der Waals surface area contributed by atoms with Gasteiger partial charge < -0.3 is 24.8 Å². The Hall–Kier alpha value is -1.71. The minimum atomic E-state index is -0.413. The van der Waals surface area contributed by atoms with Crippen LogP contribution in [0.25, 0.3) is 0 Å². The Kier molecular flexibility index (Phi) is 14.0. The van der Waals surface area contributed by atoms with Crippen molar-refractivity contribution in [1.82, 2.24) is 20.4 Å². The molecule has 0 atom stereocenters. The largest absolute Gasteiger partial charge is 0.445 e. The number of carbonyl (C=O) groups excluding carboxylic acids is 1. The van der Waals surface area contributed by atoms with Crippen LogP contribution < -0.4 is 10.6 Å². The average Bonchev–Trinajstić information content (AvgIpc) is 2.80. The average molecular weight is 451 g/mol. The van der Waals surface area contributed by atoms with Crippen LogP contribution in [-0.2, 0) is 20.8 Å². The first-order valence-corrected chi connectivity index (χ1v) is 11.9. The fourth-order valence-corrected chi connectivity index (χ4v) is 3.36. The Morgan fingerprint density at radius 1 is 0.906 bits per heavy atom. The molecule has 0 saturated carbocycles. The van der Waals surface area contributed by atoms with E-state index in [9.17, 15) is 4.79 Å². The van der Waals surface area contributed by atoms with Crippen LogP contribution in [0.5, 0.6) is 0 Å². The number of hydrogen-bond donors (Lipinski definition) is 2. The van der Waals surface area contributed by atoms with Crippen LogP contribution in [0.15, 0.2) is 30.3 Å². The van der Waals surface area contributed by atoms with Crippen molar-refractivity contribution in [1.29, 1.82) is 0 Å². The third-order valence-electron chi connectivity index (χ3n) is 5.27. The number of ether oxygens (including phenoxy) is 3. The topological polar surface area (TPSA) is 75.3 Å². The zero-order chi connectivity index (χ0) is 22.9. The molecule has 1 heterocycles. The lowest BCUT2D eigenvalue weighted by Gasteiger charge is -2.34. The summed E-state index contributed by atoms with van der Waals surface area (Å²) in [7, 11) is 0. The minimum Gasteiger partial charge on any atom is -0.445 e. The molecule has 8 nitrogen and oxygen atoms in total. The quantitative estimate of drug-likeness (QED) is 0.372. The molecule has 0 radical (unpaired) electrons. The summed E-state index contributed by atoms with van der Waals surface area (Å²) in [4.78, 5) is 16.6. The molecule has 182 valence electrons. The van der Waals surface area contributed by atoms with Crippen LogP contribution in [0.4, 0.5) is 4.79 Å². The fraction of sp³-hybridized carbons (Fsp3) is 0.708. The van der Waals surface area contributed by atoms with Crippen molar-refractivity contribution in [2.75, 3.05) is 85.3 Å². The van der Waals surface area contributed by atoms with Gasteiger partial charge in [0.15, 0.2) is 0 Å². The van der Waals surface area contributed by atoms with Gasteiger partial charge in [-0.05, 0) is 18.0 Å². The second-order valence-corrected chi connectivity index (χ2v) is 8.49. The van der Waals surface area contributed by atoms with E-state index in [2.05, 4.69) is 34.3 Å². The third-order valence-corrected chi connectivity index (χ3v) is 5.27. The van der Waals surface area contributed by atoms with Crippen LogP contribution in [0.2, 0.25) is 0 Å². The van der Waals surface area contributed by atoms with Gasteiger partial charge in [-0.25, -0.2) is 4.79 Å². The number of hydrogen-bond acceptors (Lipinski definition) is 7. The molecule has 1 aliphatic rings. The summed E-state index contributed by atoms with van der Waals surface area (Å²) in [6.07, 6.45) is -0.413. The number of piperazine rings is 1. The number of nitrogens with one attached hydrogen (secondary N) is 2. The van der Waals surface area contributed by atoms with Gasteiger partial charge in [-0.1, -0.05) is 44.2 Å². The summed E-state index contributed by atoms with van der Waals surface area (Å²) < 4.78 is 16.5. The zero-order valence-electron chi connectivity index (χ0n) is 19.9. The highest BCUT2D eigenvalue weighted by molar-refractivity contribution is 5.67. The first-order valence-electron chi connectivity index (χ1n) is 11.9. The highest BCUT2D eigenvalue weighted by Gasteiger charge is 2.16. The van der Waals surface area contributed by atoms with Crippen molar-refractivity contribution < 1.29 is 19.0 Å². The summed E-state index contributed by atoms with van der Waals surface area (Å²) in [5.41, 5.74) is 0.973.